The maximum atomic E-state index is 13.5. The van der Waals surface area contributed by atoms with Crippen LogP contribution in [0.15, 0.2) is 36.5 Å². The molecular formula is C32H52O3. The lowest BCUT2D eigenvalue weighted by molar-refractivity contribution is -0.179. The van der Waals surface area contributed by atoms with Crippen molar-refractivity contribution in [1.29, 1.82) is 0 Å². The summed E-state index contributed by atoms with van der Waals surface area (Å²) in [4.78, 5) is 13.5. The number of Topliss-reactive ketones (excluding diaryl/α,β-unsaturated/α-hetero) is 1. The molecule has 0 bridgehead atoms. The van der Waals surface area contributed by atoms with Crippen molar-refractivity contribution in [2.24, 2.45) is 29.6 Å². The minimum atomic E-state index is -0.0564. The second-order valence-electron chi connectivity index (χ2n) is 12.1. The molecule has 0 aromatic rings. The van der Waals surface area contributed by atoms with Crippen molar-refractivity contribution >= 4 is 5.78 Å². The van der Waals surface area contributed by atoms with Crippen molar-refractivity contribution in [3.63, 3.8) is 0 Å². The molecule has 0 N–H and O–H groups in total. The summed E-state index contributed by atoms with van der Waals surface area (Å²) in [6.07, 6.45) is 20.0. The molecule has 0 radical (unpaired) electrons. The van der Waals surface area contributed by atoms with Crippen molar-refractivity contribution in [3.05, 3.63) is 36.5 Å². The zero-order valence-corrected chi connectivity index (χ0v) is 23.4. The minimum absolute atomic E-state index is 0.0564. The molecule has 3 rings (SSSR count). The van der Waals surface area contributed by atoms with Gasteiger partial charge in [-0.25, -0.2) is 0 Å². The van der Waals surface area contributed by atoms with E-state index >= 15 is 0 Å². The van der Waals surface area contributed by atoms with Crippen LogP contribution in [-0.2, 0) is 14.3 Å². The molecule has 0 aromatic heterocycles. The first kappa shape index (κ1) is 28.4. The van der Waals surface area contributed by atoms with Gasteiger partial charge < -0.3 is 9.47 Å². The van der Waals surface area contributed by atoms with Crippen molar-refractivity contribution in [3.8, 4) is 0 Å². The van der Waals surface area contributed by atoms with Gasteiger partial charge in [0.25, 0.3) is 0 Å². The lowest BCUT2D eigenvalue weighted by Crippen LogP contribution is -2.49. The SMILES string of the molecule is C=CC(C)CC(CC)C1CC(/C=C/C)CC2(CCC(C(=O)C3=CC(C)C(OC(C)C)CC3)CC2)O1. The first-order valence-corrected chi connectivity index (χ1v) is 14.5. The molecule has 3 nitrogen and oxygen atoms in total. The van der Waals surface area contributed by atoms with Crippen LogP contribution in [0.1, 0.15) is 106 Å². The molecule has 6 atom stereocenters. The van der Waals surface area contributed by atoms with Crippen LogP contribution in [-0.4, -0.2) is 29.7 Å². The Labute approximate surface area is 215 Å². The average molecular weight is 485 g/mol. The van der Waals surface area contributed by atoms with Crippen LogP contribution in [0.3, 0.4) is 0 Å². The zero-order valence-electron chi connectivity index (χ0n) is 23.4. The number of allylic oxidation sites excluding steroid dienone is 4. The first-order chi connectivity index (χ1) is 16.7. The number of ether oxygens (including phenoxy) is 2. The van der Waals surface area contributed by atoms with Crippen LogP contribution in [0.25, 0.3) is 0 Å². The standard InChI is InChI=1S/C32H52O3/c1-8-11-25-20-30(26(10-3)18-23(6)9-2)35-32(21-25)16-14-27(15-17-32)31(33)28-12-13-29(24(7)19-28)34-22(4)5/h8-9,11,19,22-27,29-30H,2,10,12-18,20-21H2,1,3-7H3/b11-8+. The van der Waals surface area contributed by atoms with Gasteiger partial charge in [0.15, 0.2) is 5.78 Å². The van der Waals surface area contributed by atoms with E-state index in [1.165, 1.54) is 0 Å². The predicted octanol–water partition coefficient (Wildman–Crippen LogP) is 8.24. The molecule has 1 saturated carbocycles. The first-order valence-electron chi connectivity index (χ1n) is 14.5. The Morgan fingerprint density at radius 3 is 2.54 bits per heavy atom. The third kappa shape index (κ3) is 7.41. The maximum absolute atomic E-state index is 13.5. The molecule has 2 aliphatic carbocycles. The third-order valence-electron chi connectivity index (χ3n) is 8.94. The van der Waals surface area contributed by atoms with E-state index in [1.807, 2.05) is 0 Å². The van der Waals surface area contributed by atoms with Gasteiger partial charge in [0.1, 0.15) is 0 Å². The van der Waals surface area contributed by atoms with Crippen LogP contribution in [0.4, 0.5) is 0 Å². The molecular weight excluding hydrogens is 432 g/mol. The molecule has 0 amide bonds. The minimum Gasteiger partial charge on any atom is -0.375 e. The largest absolute Gasteiger partial charge is 0.375 e. The number of carbonyl (C=O) groups excluding carboxylic acids is 1. The highest BCUT2D eigenvalue weighted by molar-refractivity contribution is 5.97. The van der Waals surface area contributed by atoms with Gasteiger partial charge in [-0.1, -0.05) is 51.5 Å². The Morgan fingerprint density at radius 1 is 1.26 bits per heavy atom. The van der Waals surface area contributed by atoms with Gasteiger partial charge in [-0.05, 0) is 102 Å². The molecule has 1 saturated heterocycles. The van der Waals surface area contributed by atoms with E-state index in [9.17, 15) is 4.79 Å². The molecule has 6 unspecified atom stereocenters. The van der Waals surface area contributed by atoms with Gasteiger partial charge in [-0.3, -0.25) is 4.79 Å². The number of carbonyl (C=O) groups is 1. The van der Waals surface area contributed by atoms with Gasteiger partial charge >= 0.3 is 0 Å². The third-order valence-corrected chi connectivity index (χ3v) is 8.94. The predicted molar refractivity (Wildman–Crippen MR) is 146 cm³/mol. The Bertz CT molecular complexity index is 755. The lowest BCUT2D eigenvalue weighted by Gasteiger charge is -2.49. The van der Waals surface area contributed by atoms with E-state index in [2.05, 4.69) is 72.4 Å². The summed E-state index contributed by atoms with van der Waals surface area (Å²) in [7, 11) is 0. The zero-order chi connectivity index (χ0) is 25.6. The molecule has 198 valence electrons. The topological polar surface area (TPSA) is 35.5 Å². The van der Waals surface area contributed by atoms with Gasteiger partial charge in [0.05, 0.1) is 23.9 Å². The van der Waals surface area contributed by atoms with Gasteiger partial charge in [0.2, 0.25) is 0 Å². The smallest absolute Gasteiger partial charge is 0.161 e. The lowest BCUT2D eigenvalue weighted by atomic mass is 9.68. The summed E-state index contributed by atoms with van der Waals surface area (Å²) >= 11 is 0. The fraction of sp³-hybridized carbons (Fsp3) is 0.781. The van der Waals surface area contributed by atoms with Gasteiger partial charge in [-0.15, -0.1) is 6.58 Å². The molecule has 1 aliphatic heterocycles. The number of hydrogen-bond donors (Lipinski definition) is 0. The van der Waals surface area contributed by atoms with Crippen LogP contribution in [0, 0.1) is 29.6 Å². The Morgan fingerprint density at radius 2 is 1.97 bits per heavy atom. The van der Waals surface area contributed by atoms with Crippen molar-refractivity contribution in [1.82, 2.24) is 0 Å². The van der Waals surface area contributed by atoms with E-state index in [0.717, 1.165) is 69.8 Å². The van der Waals surface area contributed by atoms with E-state index < -0.39 is 0 Å². The molecule has 1 spiro atoms. The quantitative estimate of drug-likeness (QED) is 0.293. The van der Waals surface area contributed by atoms with E-state index in [0.29, 0.717) is 35.6 Å². The molecule has 0 aromatic carbocycles. The van der Waals surface area contributed by atoms with Crippen LogP contribution in [0.2, 0.25) is 0 Å². The van der Waals surface area contributed by atoms with E-state index in [4.69, 9.17) is 9.47 Å². The van der Waals surface area contributed by atoms with E-state index in [1.54, 1.807) is 0 Å². The highest BCUT2D eigenvalue weighted by Gasteiger charge is 2.46. The monoisotopic (exact) mass is 484 g/mol. The highest BCUT2D eigenvalue weighted by Crippen LogP contribution is 2.48. The van der Waals surface area contributed by atoms with Gasteiger partial charge in [0, 0.05) is 11.8 Å². The summed E-state index contributed by atoms with van der Waals surface area (Å²) in [5.74, 6) is 2.55. The Hall–Kier alpha value is -1.19. The molecule has 3 aliphatic rings. The normalized spacial score (nSPS) is 35.7. The summed E-state index contributed by atoms with van der Waals surface area (Å²) < 4.78 is 13.1. The summed E-state index contributed by atoms with van der Waals surface area (Å²) in [6.45, 7) is 17.1. The second-order valence-corrected chi connectivity index (χ2v) is 12.1. The molecule has 35 heavy (non-hydrogen) atoms. The highest BCUT2D eigenvalue weighted by atomic mass is 16.5. The van der Waals surface area contributed by atoms with Crippen LogP contribution >= 0.6 is 0 Å². The fourth-order valence-electron chi connectivity index (χ4n) is 6.95. The number of hydrogen-bond acceptors (Lipinski definition) is 3. The molecule has 2 fully saturated rings. The molecule has 1 heterocycles. The molecule has 3 heteroatoms. The average Bonchev–Trinajstić information content (AvgIpc) is 2.83. The summed E-state index contributed by atoms with van der Waals surface area (Å²) in [5.41, 5.74) is 1.000. The summed E-state index contributed by atoms with van der Waals surface area (Å²) in [5, 5.41) is 0. The summed E-state index contributed by atoms with van der Waals surface area (Å²) in [6, 6.07) is 0. The van der Waals surface area contributed by atoms with Crippen LogP contribution in [0.5, 0.6) is 0 Å². The van der Waals surface area contributed by atoms with Crippen LogP contribution < -0.4 is 0 Å². The second kappa shape index (κ2) is 12.9. The van der Waals surface area contributed by atoms with Gasteiger partial charge in [-0.2, -0.15) is 0 Å². The Balaban J connectivity index is 1.65. The van der Waals surface area contributed by atoms with Crippen molar-refractivity contribution < 1.29 is 14.3 Å². The van der Waals surface area contributed by atoms with Crippen molar-refractivity contribution in [2.75, 3.05) is 0 Å². The fourth-order valence-corrected chi connectivity index (χ4v) is 6.95. The number of rotatable bonds is 10. The Kier molecular flexibility index (Phi) is 10.4. The van der Waals surface area contributed by atoms with Crippen molar-refractivity contribution in [2.45, 2.75) is 130 Å². The number of ketones is 1. The van der Waals surface area contributed by atoms with E-state index in [-0.39, 0.29) is 23.7 Å². The maximum Gasteiger partial charge on any atom is 0.161 e.